The van der Waals surface area contributed by atoms with Crippen molar-refractivity contribution in [1.29, 1.82) is 0 Å². The van der Waals surface area contributed by atoms with E-state index in [0.29, 0.717) is 0 Å². The quantitative estimate of drug-likeness (QED) is 0.444. The molecule has 0 radical (unpaired) electrons. The highest BCUT2D eigenvalue weighted by molar-refractivity contribution is 5.87. The molecule has 94 valence electrons. The van der Waals surface area contributed by atoms with E-state index in [2.05, 4.69) is 19.2 Å². The normalized spacial score (nSPS) is 10.9. The summed E-state index contributed by atoms with van der Waals surface area (Å²) in [6.45, 7) is 5.15. The zero-order valence-electron chi connectivity index (χ0n) is 10.9. The van der Waals surface area contributed by atoms with E-state index in [1.807, 2.05) is 6.08 Å². The Labute approximate surface area is 101 Å². The Morgan fingerprint density at radius 2 is 1.69 bits per heavy atom. The minimum Gasteiger partial charge on any atom is -0.353 e. The Hall–Kier alpha value is -0.790. The molecule has 0 saturated heterocycles. The standard InChI is InChI=1S/C14H27NO/c1-3-5-7-8-9-10-11-12-14(16)15-13-6-4-2/h11-12H,3-10,13H2,1-2H3,(H,15,16)/b12-11+. The Morgan fingerprint density at radius 1 is 1.00 bits per heavy atom. The predicted molar refractivity (Wildman–Crippen MR) is 70.4 cm³/mol. The van der Waals surface area contributed by atoms with Crippen molar-refractivity contribution in [2.75, 3.05) is 6.54 Å². The topological polar surface area (TPSA) is 29.1 Å². The maximum absolute atomic E-state index is 11.3. The second-order valence-electron chi connectivity index (χ2n) is 4.25. The van der Waals surface area contributed by atoms with Gasteiger partial charge in [0.25, 0.3) is 0 Å². The molecule has 0 spiro atoms. The number of hydrogen-bond acceptors (Lipinski definition) is 1. The molecule has 16 heavy (non-hydrogen) atoms. The molecule has 2 heteroatoms. The summed E-state index contributed by atoms with van der Waals surface area (Å²) in [5.74, 6) is 0.0574. The lowest BCUT2D eigenvalue weighted by molar-refractivity contribution is -0.116. The first kappa shape index (κ1) is 15.2. The number of amides is 1. The molecule has 0 aliphatic rings. The number of rotatable bonds is 10. The highest BCUT2D eigenvalue weighted by Gasteiger charge is 1.92. The van der Waals surface area contributed by atoms with Crippen LogP contribution < -0.4 is 5.32 Å². The fraction of sp³-hybridized carbons (Fsp3) is 0.786. The fourth-order valence-electron chi connectivity index (χ4n) is 1.50. The first-order valence-electron chi connectivity index (χ1n) is 6.75. The molecule has 0 unspecified atom stereocenters. The molecule has 1 N–H and O–H groups in total. The molecule has 2 nitrogen and oxygen atoms in total. The van der Waals surface area contributed by atoms with Crippen LogP contribution in [0.25, 0.3) is 0 Å². The SMILES string of the molecule is CCCCCCC/C=C/C(=O)NCCCC. The van der Waals surface area contributed by atoms with Gasteiger partial charge in [-0.15, -0.1) is 0 Å². The Bertz CT molecular complexity index is 187. The first-order valence-corrected chi connectivity index (χ1v) is 6.75. The van der Waals surface area contributed by atoms with Crippen molar-refractivity contribution in [3.05, 3.63) is 12.2 Å². The van der Waals surface area contributed by atoms with Gasteiger partial charge >= 0.3 is 0 Å². The van der Waals surface area contributed by atoms with Crippen molar-refractivity contribution in [2.45, 2.75) is 65.2 Å². The highest BCUT2D eigenvalue weighted by Crippen LogP contribution is 2.05. The number of carbonyl (C=O) groups is 1. The molecule has 0 fully saturated rings. The van der Waals surface area contributed by atoms with E-state index in [-0.39, 0.29) is 5.91 Å². The minimum atomic E-state index is 0.0574. The van der Waals surface area contributed by atoms with Crippen molar-refractivity contribution in [2.24, 2.45) is 0 Å². The van der Waals surface area contributed by atoms with Crippen molar-refractivity contribution >= 4 is 5.91 Å². The van der Waals surface area contributed by atoms with Gasteiger partial charge in [0, 0.05) is 6.54 Å². The van der Waals surface area contributed by atoms with E-state index in [9.17, 15) is 4.79 Å². The predicted octanol–water partition coefficient (Wildman–Crippen LogP) is 3.82. The van der Waals surface area contributed by atoms with Gasteiger partial charge in [-0.25, -0.2) is 0 Å². The smallest absolute Gasteiger partial charge is 0.243 e. The van der Waals surface area contributed by atoms with Gasteiger partial charge < -0.3 is 5.32 Å². The molecule has 0 atom stereocenters. The molecule has 0 aliphatic heterocycles. The zero-order valence-corrected chi connectivity index (χ0v) is 10.9. The second-order valence-corrected chi connectivity index (χ2v) is 4.25. The van der Waals surface area contributed by atoms with E-state index in [1.165, 1.54) is 32.1 Å². The number of unbranched alkanes of at least 4 members (excludes halogenated alkanes) is 6. The third-order valence-electron chi connectivity index (χ3n) is 2.57. The maximum Gasteiger partial charge on any atom is 0.243 e. The summed E-state index contributed by atoms with van der Waals surface area (Å²) in [6, 6.07) is 0. The van der Waals surface area contributed by atoms with Crippen LogP contribution in [-0.4, -0.2) is 12.5 Å². The van der Waals surface area contributed by atoms with Gasteiger partial charge in [-0.2, -0.15) is 0 Å². The molecular formula is C14H27NO. The van der Waals surface area contributed by atoms with Gasteiger partial charge in [0.1, 0.15) is 0 Å². The van der Waals surface area contributed by atoms with Crippen LogP contribution in [0.5, 0.6) is 0 Å². The summed E-state index contributed by atoms with van der Waals surface area (Å²) in [5.41, 5.74) is 0. The Morgan fingerprint density at radius 3 is 2.38 bits per heavy atom. The summed E-state index contributed by atoms with van der Waals surface area (Å²) in [4.78, 5) is 11.3. The van der Waals surface area contributed by atoms with Crippen LogP contribution in [0.2, 0.25) is 0 Å². The van der Waals surface area contributed by atoms with Gasteiger partial charge in [0.2, 0.25) is 5.91 Å². The molecule has 0 aromatic carbocycles. The maximum atomic E-state index is 11.3. The number of nitrogens with one attached hydrogen (secondary N) is 1. The minimum absolute atomic E-state index is 0.0574. The lowest BCUT2D eigenvalue weighted by Crippen LogP contribution is -2.21. The number of allylic oxidation sites excluding steroid dienone is 1. The molecule has 0 aromatic heterocycles. The van der Waals surface area contributed by atoms with E-state index in [0.717, 1.165) is 25.8 Å². The van der Waals surface area contributed by atoms with Crippen LogP contribution in [-0.2, 0) is 4.79 Å². The third-order valence-corrected chi connectivity index (χ3v) is 2.57. The average Bonchev–Trinajstić information content (AvgIpc) is 2.28. The van der Waals surface area contributed by atoms with Gasteiger partial charge in [-0.3, -0.25) is 4.79 Å². The lowest BCUT2D eigenvalue weighted by atomic mass is 10.1. The van der Waals surface area contributed by atoms with Crippen LogP contribution in [0, 0.1) is 0 Å². The van der Waals surface area contributed by atoms with Gasteiger partial charge in [0.15, 0.2) is 0 Å². The van der Waals surface area contributed by atoms with E-state index in [1.54, 1.807) is 6.08 Å². The van der Waals surface area contributed by atoms with Crippen molar-refractivity contribution < 1.29 is 4.79 Å². The number of carbonyl (C=O) groups excluding carboxylic acids is 1. The molecule has 0 saturated carbocycles. The van der Waals surface area contributed by atoms with Gasteiger partial charge in [0.05, 0.1) is 0 Å². The Kier molecular flexibility index (Phi) is 11.7. The van der Waals surface area contributed by atoms with Crippen LogP contribution in [0.4, 0.5) is 0 Å². The average molecular weight is 225 g/mol. The zero-order chi connectivity index (χ0) is 12.1. The molecule has 0 rings (SSSR count). The molecule has 0 aliphatic carbocycles. The largest absolute Gasteiger partial charge is 0.353 e. The lowest BCUT2D eigenvalue weighted by Gasteiger charge is -1.99. The van der Waals surface area contributed by atoms with Crippen LogP contribution in [0.15, 0.2) is 12.2 Å². The van der Waals surface area contributed by atoms with Crippen LogP contribution in [0.3, 0.4) is 0 Å². The van der Waals surface area contributed by atoms with E-state index >= 15 is 0 Å². The van der Waals surface area contributed by atoms with Crippen LogP contribution in [0.1, 0.15) is 65.2 Å². The van der Waals surface area contributed by atoms with Crippen molar-refractivity contribution in [3.8, 4) is 0 Å². The van der Waals surface area contributed by atoms with Crippen molar-refractivity contribution in [3.63, 3.8) is 0 Å². The van der Waals surface area contributed by atoms with E-state index < -0.39 is 0 Å². The van der Waals surface area contributed by atoms with Gasteiger partial charge in [-0.05, 0) is 25.3 Å². The van der Waals surface area contributed by atoms with Gasteiger partial charge in [-0.1, -0.05) is 52.0 Å². The molecule has 1 amide bonds. The number of hydrogen-bond donors (Lipinski definition) is 1. The molecular weight excluding hydrogens is 198 g/mol. The van der Waals surface area contributed by atoms with E-state index in [4.69, 9.17) is 0 Å². The summed E-state index contributed by atoms with van der Waals surface area (Å²) in [7, 11) is 0. The summed E-state index contributed by atoms with van der Waals surface area (Å²) in [6.07, 6.45) is 13.3. The fourth-order valence-corrected chi connectivity index (χ4v) is 1.50. The summed E-state index contributed by atoms with van der Waals surface area (Å²) < 4.78 is 0. The first-order chi connectivity index (χ1) is 7.81. The Balaban J connectivity index is 3.28. The summed E-state index contributed by atoms with van der Waals surface area (Å²) in [5, 5.41) is 2.87. The second kappa shape index (κ2) is 12.3. The highest BCUT2D eigenvalue weighted by atomic mass is 16.1. The molecule has 0 bridgehead atoms. The third kappa shape index (κ3) is 11.3. The monoisotopic (exact) mass is 225 g/mol. The van der Waals surface area contributed by atoms with Crippen molar-refractivity contribution in [1.82, 2.24) is 5.32 Å². The summed E-state index contributed by atoms with van der Waals surface area (Å²) >= 11 is 0. The molecule has 0 heterocycles. The molecule has 0 aromatic rings. The van der Waals surface area contributed by atoms with Crippen LogP contribution >= 0.6 is 0 Å².